The smallest absolute Gasteiger partial charge is 0.266 e. The highest BCUT2D eigenvalue weighted by Crippen LogP contribution is 2.47. The minimum absolute atomic E-state index is 0.0362. The van der Waals surface area contributed by atoms with Crippen molar-refractivity contribution in [2.45, 2.75) is 25.4 Å². The molecule has 4 atom stereocenters. The van der Waals surface area contributed by atoms with Crippen LogP contribution in [0.1, 0.15) is 40.9 Å². The quantitative estimate of drug-likeness (QED) is 0.552. The molecule has 2 aromatic carbocycles. The second-order valence-corrected chi connectivity index (χ2v) is 9.91. The maximum absolute atomic E-state index is 15.2. The average molecular weight is 507 g/mol. The summed E-state index contributed by atoms with van der Waals surface area (Å²) < 4.78 is 61.6. The van der Waals surface area contributed by atoms with Crippen LogP contribution >= 0.6 is 0 Å². The molecule has 1 amide bonds. The lowest BCUT2D eigenvalue weighted by molar-refractivity contribution is 0.0940. The maximum atomic E-state index is 15.2. The van der Waals surface area contributed by atoms with Crippen LogP contribution in [0, 0.1) is 23.5 Å². The van der Waals surface area contributed by atoms with E-state index in [0.29, 0.717) is 49.5 Å². The Labute approximate surface area is 207 Å². The van der Waals surface area contributed by atoms with Crippen LogP contribution in [0.15, 0.2) is 30.3 Å². The van der Waals surface area contributed by atoms with E-state index >= 15 is 4.39 Å². The molecule has 0 aromatic heterocycles. The largest absolute Gasteiger partial charge is 0.381 e. The van der Waals surface area contributed by atoms with E-state index in [9.17, 15) is 18.0 Å². The lowest BCUT2D eigenvalue weighted by Gasteiger charge is -2.30. The fourth-order valence-electron chi connectivity index (χ4n) is 5.47. The Morgan fingerprint density at radius 3 is 2.42 bits per heavy atom. The van der Waals surface area contributed by atoms with Crippen LogP contribution in [-0.4, -0.2) is 63.3 Å². The van der Waals surface area contributed by atoms with Crippen LogP contribution in [0.4, 0.5) is 28.9 Å². The van der Waals surface area contributed by atoms with Gasteiger partial charge in [-0.2, -0.15) is 0 Å². The van der Waals surface area contributed by atoms with Crippen LogP contribution in [0.2, 0.25) is 0 Å². The van der Waals surface area contributed by atoms with Crippen molar-refractivity contribution in [2.75, 3.05) is 56.7 Å². The molecule has 6 nitrogen and oxygen atoms in total. The third-order valence-corrected chi connectivity index (χ3v) is 7.49. The number of hydrogen-bond donors (Lipinski definition) is 2. The predicted molar refractivity (Wildman–Crippen MR) is 129 cm³/mol. The van der Waals surface area contributed by atoms with Crippen LogP contribution in [0.5, 0.6) is 0 Å². The summed E-state index contributed by atoms with van der Waals surface area (Å²) in [5.41, 5.74) is 0.151. The number of piperidine rings is 1. The molecule has 0 radical (unpaired) electrons. The van der Waals surface area contributed by atoms with E-state index in [-0.39, 0.29) is 17.2 Å². The van der Waals surface area contributed by atoms with Crippen LogP contribution in [-0.2, 0) is 4.74 Å². The first kappa shape index (κ1) is 24.8. The van der Waals surface area contributed by atoms with Gasteiger partial charge in [0.15, 0.2) is 0 Å². The van der Waals surface area contributed by atoms with Gasteiger partial charge in [0, 0.05) is 37.8 Å². The zero-order valence-electron chi connectivity index (χ0n) is 20.2. The number of alkyl halides is 2. The number of likely N-dealkylation sites (tertiary alicyclic amines) is 1. The second-order valence-electron chi connectivity index (χ2n) is 9.91. The summed E-state index contributed by atoms with van der Waals surface area (Å²) in [5, 5.41) is 6.09. The molecule has 2 N–H and O–H groups in total. The van der Waals surface area contributed by atoms with Crippen molar-refractivity contribution >= 4 is 17.3 Å². The van der Waals surface area contributed by atoms with Crippen molar-refractivity contribution in [3.8, 4) is 0 Å². The molecule has 2 aliphatic heterocycles. The topological polar surface area (TPSA) is 56.8 Å². The number of benzene rings is 2. The van der Waals surface area contributed by atoms with Gasteiger partial charge in [-0.1, -0.05) is 18.2 Å². The summed E-state index contributed by atoms with van der Waals surface area (Å²) in [6.07, 6.45) is -2.96. The van der Waals surface area contributed by atoms with Gasteiger partial charge >= 0.3 is 0 Å². The number of anilines is 2. The molecule has 3 aliphatic rings. The third-order valence-electron chi connectivity index (χ3n) is 7.49. The third kappa shape index (κ3) is 4.76. The average Bonchev–Trinajstić information content (AvgIpc) is 3.29. The Morgan fingerprint density at radius 1 is 1.08 bits per heavy atom. The van der Waals surface area contributed by atoms with E-state index in [1.54, 1.807) is 0 Å². The van der Waals surface area contributed by atoms with Gasteiger partial charge in [-0.3, -0.25) is 4.79 Å². The number of fused-ring (bicyclic) bond motifs is 1. The molecule has 1 unspecified atom stereocenters. The zero-order valence-corrected chi connectivity index (χ0v) is 20.2. The monoisotopic (exact) mass is 506 g/mol. The number of nitrogens with zero attached hydrogens (tertiary/aromatic N) is 2. The highest BCUT2D eigenvalue weighted by Gasteiger charge is 2.55. The first-order chi connectivity index (χ1) is 17.2. The molecule has 3 fully saturated rings. The van der Waals surface area contributed by atoms with Crippen molar-refractivity contribution in [1.82, 2.24) is 10.2 Å². The molecule has 0 spiro atoms. The van der Waals surface area contributed by atoms with Crippen molar-refractivity contribution in [3.63, 3.8) is 0 Å². The molecule has 10 heteroatoms. The van der Waals surface area contributed by atoms with E-state index in [4.69, 9.17) is 4.74 Å². The standard InChI is InChI=1S/C26H30F4N4O2/c1-14(15-4-3-5-16(23(15)28)25(29)30)31-26(35)17-10-22(34-6-8-36-9-7-34)20(27)11-21(17)32-24-18-12-33(2)13-19(18)24/h3-5,10-11,14,18-19,24-25,32H,6-9,12-13H2,1-2H3,(H,31,35)/t14-,18-,19+,24?/m1/s1. The highest BCUT2D eigenvalue weighted by molar-refractivity contribution is 6.01. The Balaban J connectivity index is 1.42. The molecule has 194 valence electrons. The summed E-state index contributed by atoms with van der Waals surface area (Å²) in [6.45, 7) is 5.31. The lowest BCUT2D eigenvalue weighted by atomic mass is 10.0. The maximum Gasteiger partial charge on any atom is 0.266 e. The molecule has 2 aromatic rings. The fraction of sp³-hybridized carbons (Fsp3) is 0.500. The normalized spacial score (nSPS) is 24.5. The van der Waals surface area contributed by atoms with Gasteiger partial charge in [-0.15, -0.1) is 0 Å². The molecule has 1 saturated carbocycles. The van der Waals surface area contributed by atoms with Crippen molar-refractivity contribution in [2.24, 2.45) is 11.8 Å². The number of carbonyl (C=O) groups is 1. The number of halogens is 4. The molecular formula is C26H30F4N4O2. The molecule has 2 heterocycles. The van der Waals surface area contributed by atoms with E-state index in [1.807, 2.05) is 4.90 Å². The highest BCUT2D eigenvalue weighted by atomic mass is 19.3. The van der Waals surface area contributed by atoms with Crippen molar-refractivity contribution in [1.29, 1.82) is 0 Å². The molecule has 1 aliphatic carbocycles. The Hall–Kier alpha value is -2.85. The summed E-state index contributed by atoms with van der Waals surface area (Å²) in [4.78, 5) is 17.5. The van der Waals surface area contributed by atoms with Crippen molar-refractivity contribution in [3.05, 3.63) is 58.7 Å². The number of amides is 1. The lowest BCUT2D eigenvalue weighted by Crippen LogP contribution is -2.37. The number of rotatable bonds is 7. The summed E-state index contributed by atoms with van der Waals surface area (Å²) >= 11 is 0. The van der Waals surface area contributed by atoms with Gasteiger partial charge in [0.1, 0.15) is 11.6 Å². The minimum Gasteiger partial charge on any atom is -0.381 e. The number of morpholine rings is 1. The second kappa shape index (κ2) is 9.89. The summed E-state index contributed by atoms with van der Waals surface area (Å²) in [5.74, 6) is -1.13. The van der Waals surface area contributed by atoms with Crippen LogP contribution in [0.3, 0.4) is 0 Å². The van der Waals surface area contributed by atoms with Gasteiger partial charge in [0.25, 0.3) is 12.3 Å². The van der Waals surface area contributed by atoms with Crippen LogP contribution in [0.25, 0.3) is 0 Å². The Bertz CT molecular complexity index is 1130. The van der Waals surface area contributed by atoms with E-state index in [1.165, 1.54) is 31.2 Å². The number of carbonyl (C=O) groups excluding carboxylic acids is 1. The molecular weight excluding hydrogens is 476 g/mol. The zero-order chi connectivity index (χ0) is 25.6. The van der Waals surface area contributed by atoms with E-state index in [0.717, 1.165) is 19.2 Å². The van der Waals surface area contributed by atoms with E-state index in [2.05, 4.69) is 22.6 Å². The fourth-order valence-corrected chi connectivity index (χ4v) is 5.47. The van der Waals surface area contributed by atoms with Crippen molar-refractivity contribution < 1.29 is 27.1 Å². The van der Waals surface area contributed by atoms with Gasteiger partial charge < -0.3 is 25.2 Å². The first-order valence-corrected chi connectivity index (χ1v) is 12.2. The SMILES string of the molecule is C[C@@H](NC(=O)c1cc(N2CCOCC2)c(F)cc1NC1[C@H]2CN(C)C[C@@H]12)c1cccc(C(F)F)c1F. The Kier molecular flexibility index (Phi) is 6.82. The predicted octanol–water partition coefficient (Wildman–Crippen LogP) is 4.20. The minimum atomic E-state index is -2.96. The van der Waals surface area contributed by atoms with Gasteiger partial charge in [-0.25, -0.2) is 17.6 Å². The first-order valence-electron chi connectivity index (χ1n) is 12.2. The summed E-state index contributed by atoms with van der Waals surface area (Å²) in [6, 6.07) is 5.87. The van der Waals surface area contributed by atoms with E-state index < -0.39 is 35.6 Å². The van der Waals surface area contributed by atoms with Gasteiger partial charge in [0.2, 0.25) is 0 Å². The number of ether oxygens (including phenoxy) is 1. The van der Waals surface area contributed by atoms with Crippen LogP contribution < -0.4 is 15.5 Å². The Morgan fingerprint density at radius 2 is 1.75 bits per heavy atom. The number of hydrogen-bond acceptors (Lipinski definition) is 5. The molecule has 0 bridgehead atoms. The molecule has 2 saturated heterocycles. The summed E-state index contributed by atoms with van der Waals surface area (Å²) in [7, 11) is 2.06. The molecule has 36 heavy (non-hydrogen) atoms. The van der Waals surface area contributed by atoms with Gasteiger partial charge in [0.05, 0.1) is 41.8 Å². The molecule has 5 rings (SSSR count). The number of nitrogens with one attached hydrogen (secondary N) is 2. The van der Waals surface area contributed by atoms with Gasteiger partial charge in [-0.05, 0) is 37.9 Å².